The first-order valence-corrected chi connectivity index (χ1v) is 5.42. The molecule has 92 valence electrons. The van der Waals surface area contributed by atoms with Gasteiger partial charge in [0.15, 0.2) is 0 Å². The van der Waals surface area contributed by atoms with Gasteiger partial charge in [-0.1, -0.05) is 11.6 Å². The van der Waals surface area contributed by atoms with Crippen molar-refractivity contribution < 1.29 is 9.18 Å². The number of pyridine rings is 1. The standard InChI is InChI=1S/C12H9ClFN3O/c13-7-1-4-11(16-6-7)17-12(18)9-5-8(14)2-3-10(9)15/h1-6H,15H2,(H,16,17,18). The van der Waals surface area contributed by atoms with Gasteiger partial charge < -0.3 is 11.1 Å². The molecule has 0 saturated heterocycles. The average molecular weight is 266 g/mol. The molecule has 0 aliphatic carbocycles. The maximum Gasteiger partial charge on any atom is 0.259 e. The molecule has 0 radical (unpaired) electrons. The SMILES string of the molecule is Nc1ccc(F)cc1C(=O)Nc1ccc(Cl)cn1. The molecule has 4 nitrogen and oxygen atoms in total. The minimum absolute atomic E-state index is 0.0618. The van der Waals surface area contributed by atoms with Crippen molar-refractivity contribution in [2.75, 3.05) is 11.1 Å². The molecule has 0 bridgehead atoms. The predicted molar refractivity (Wildman–Crippen MR) is 68.0 cm³/mol. The van der Waals surface area contributed by atoms with Crippen LogP contribution >= 0.6 is 11.6 Å². The number of carbonyl (C=O) groups excluding carboxylic acids is 1. The van der Waals surface area contributed by atoms with Crippen molar-refractivity contribution >= 4 is 29.0 Å². The second kappa shape index (κ2) is 5.01. The first-order chi connectivity index (χ1) is 8.56. The van der Waals surface area contributed by atoms with Crippen LogP contribution in [0, 0.1) is 5.82 Å². The Morgan fingerprint density at radius 3 is 2.78 bits per heavy atom. The third-order valence-corrected chi connectivity index (χ3v) is 2.45. The van der Waals surface area contributed by atoms with Crippen molar-refractivity contribution in [1.82, 2.24) is 4.98 Å². The summed E-state index contributed by atoms with van der Waals surface area (Å²) in [5.74, 6) is -0.742. The van der Waals surface area contributed by atoms with Crippen LogP contribution in [0.1, 0.15) is 10.4 Å². The minimum Gasteiger partial charge on any atom is -0.398 e. The lowest BCUT2D eigenvalue weighted by atomic mass is 10.1. The number of benzene rings is 1. The van der Waals surface area contributed by atoms with Crippen molar-refractivity contribution in [3.63, 3.8) is 0 Å². The van der Waals surface area contributed by atoms with Gasteiger partial charge in [-0.05, 0) is 30.3 Å². The van der Waals surface area contributed by atoms with Gasteiger partial charge in [-0.2, -0.15) is 0 Å². The van der Waals surface area contributed by atoms with Crippen molar-refractivity contribution in [1.29, 1.82) is 0 Å². The lowest BCUT2D eigenvalue weighted by Crippen LogP contribution is -2.15. The topological polar surface area (TPSA) is 68.0 Å². The number of nitrogens with zero attached hydrogens (tertiary/aromatic N) is 1. The Kier molecular flexibility index (Phi) is 3.43. The smallest absolute Gasteiger partial charge is 0.259 e. The highest BCUT2D eigenvalue weighted by Crippen LogP contribution is 2.16. The second-order valence-electron chi connectivity index (χ2n) is 3.55. The summed E-state index contributed by atoms with van der Waals surface area (Å²) in [6.07, 6.45) is 1.39. The van der Waals surface area contributed by atoms with Gasteiger partial charge in [0.1, 0.15) is 11.6 Å². The van der Waals surface area contributed by atoms with E-state index in [0.29, 0.717) is 10.8 Å². The number of nitrogens with one attached hydrogen (secondary N) is 1. The van der Waals surface area contributed by atoms with Crippen molar-refractivity contribution in [2.45, 2.75) is 0 Å². The van der Waals surface area contributed by atoms with E-state index < -0.39 is 11.7 Å². The summed E-state index contributed by atoms with van der Waals surface area (Å²) in [6, 6.07) is 6.71. The quantitative estimate of drug-likeness (QED) is 0.821. The largest absolute Gasteiger partial charge is 0.398 e. The van der Waals surface area contributed by atoms with Crippen molar-refractivity contribution in [2.24, 2.45) is 0 Å². The third kappa shape index (κ3) is 2.75. The maximum atomic E-state index is 13.0. The van der Waals surface area contributed by atoms with E-state index in [1.165, 1.54) is 24.4 Å². The second-order valence-corrected chi connectivity index (χ2v) is 3.98. The fraction of sp³-hybridized carbons (Fsp3) is 0. The fourth-order valence-electron chi connectivity index (χ4n) is 1.36. The van der Waals surface area contributed by atoms with Crippen LogP contribution in [0.2, 0.25) is 5.02 Å². The molecule has 2 rings (SSSR count). The van der Waals surface area contributed by atoms with Crippen LogP contribution in [0.15, 0.2) is 36.5 Å². The zero-order chi connectivity index (χ0) is 13.1. The Morgan fingerprint density at radius 1 is 1.33 bits per heavy atom. The van der Waals surface area contributed by atoms with Crippen LogP contribution in [0.3, 0.4) is 0 Å². The summed E-state index contributed by atoms with van der Waals surface area (Å²) in [6.45, 7) is 0. The number of anilines is 2. The van der Waals surface area contributed by atoms with E-state index in [4.69, 9.17) is 17.3 Å². The van der Waals surface area contributed by atoms with Gasteiger partial charge in [-0.15, -0.1) is 0 Å². The molecule has 1 aromatic heterocycles. The summed E-state index contributed by atoms with van der Waals surface area (Å²) < 4.78 is 13.0. The zero-order valence-electron chi connectivity index (χ0n) is 9.15. The van der Waals surface area contributed by atoms with Crippen LogP contribution in [0.4, 0.5) is 15.9 Å². The molecule has 0 saturated carbocycles. The Balaban J connectivity index is 2.21. The number of rotatable bonds is 2. The number of carbonyl (C=O) groups is 1. The van der Waals surface area contributed by atoms with Crippen LogP contribution in [0.25, 0.3) is 0 Å². The van der Waals surface area contributed by atoms with Crippen molar-refractivity contribution in [3.05, 3.63) is 52.9 Å². The summed E-state index contributed by atoms with van der Waals surface area (Å²) >= 11 is 5.67. The van der Waals surface area contributed by atoms with Gasteiger partial charge in [-0.25, -0.2) is 9.37 Å². The molecule has 1 aromatic carbocycles. The lowest BCUT2D eigenvalue weighted by Gasteiger charge is -2.06. The molecule has 0 spiro atoms. The number of nitrogen functional groups attached to an aromatic ring is 1. The first-order valence-electron chi connectivity index (χ1n) is 5.04. The number of halogens is 2. The van der Waals surface area contributed by atoms with Crippen LogP contribution in [-0.4, -0.2) is 10.9 Å². The molecule has 2 aromatic rings. The maximum absolute atomic E-state index is 13.0. The molecule has 0 aliphatic rings. The predicted octanol–water partition coefficient (Wildman–Crippen LogP) is 2.71. The molecule has 6 heteroatoms. The molecule has 0 fully saturated rings. The Bertz CT molecular complexity index is 586. The average Bonchev–Trinajstić information content (AvgIpc) is 2.35. The molecular formula is C12H9ClFN3O. The molecule has 0 aliphatic heterocycles. The Hall–Kier alpha value is -2.14. The number of hydrogen-bond acceptors (Lipinski definition) is 3. The van der Waals surface area contributed by atoms with Crippen LogP contribution in [0.5, 0.6) is 0 Å². The summed E-state index contributed by atoms with van der Waals surface area (Å²) in [7, 11) is 0. The molecule has 0 atom stereocenters. The lowest BCUT2D eigenvalue weighted by molar-refractivity contribution is 0.102. The Labute approximate surface area is 108 Å². The molecule has 18 heavy (non-hydrogen) atoms. The zero-order valence-corrected chi connectivity index (χ0v) is 9.91. The third-order valence-electron chi connectivity index (χ3n) is 2.23. The number of hydrogen-bond donors (Lipinski definition) is 2. The van der Waals surface area contributed by atoms with Gasteiger partial charge in [0.05, 0.1) is 10.6 Å². The van der Waals surface area contributed by atoms with E-state index in [9.17, 15) is 9.18 Å². The normalized spacial score (nSPS) is 10.1. The molecule has 0 unspecified atom stereocenters. The van der Waals surface area contributed by atoms with Gasteiger partial charge >= 0.3 is 0 Å². The fourth-order valence-corrected chi connectivity index (χ4v) is 1.47. The molecule has 1 heterocycles. The van der Waals surface area contributed by atoms with E-state index in [0.717, 1.165) is 6.07 Å². The van der Waals surface area contributed by atoms with Gasteiger partial charge in [0.2, 0.25) is 0 Å². The molecule has 1 amide bonds. The highest BCUT2D eigenvalue weighted by Gasteiger charge is 2.11. The minimum atomic E-state index is -0.529. The highest BCUT2D eigenvalue weighted by atomic mass is 35.5. The number of amides is 1. The van der Waals surface area contributed by atoms with E-state index >= 15 is 0 Å². The van der Waals surface area contributed by atoms with Crippen LogP contribution < -0.4 is 11.1 Å². The van der Waals surface area contributed by atoms with Gasteiger partial charge in [-0.3, -0.25) is 4.79 Å². The number of nitrogens with two attached hydrogens (primary N) is 1. The summed E-state index contributed by atoms with van der Waals surface area (Å²) in [5, 5.41) is 2.95. The summed E-state index contributed by atoms with van der Waals surface area (Å²) in [5.41, 5.74) is 5.86. The van der Waals surface area contributed by atoms with Crippen LogP contribution in [-0.2, 0) is 0 Å². The van der Waals surface area contributed by atoms with E-state index in [1.54, 1.807) is 6.07 Å². The molecular weight excluding hydrogens is 257 g/mol. The molecule has 3 N–H and O–H groups in total. The monoisotopic (exact) mass is 265 g/mol. The van der Waals surface area contributed by atoms with Gasteiger partial charge in [0, 0.05) is 11.9 Å². The highest BCUT2D eigenvalue weighted by molar-refractivity contribution is 6.30. The summed E-state index contributed by atoms with van der Waals surface area (Å²) in [4.78, 5) is 15.7. The number of aromatic nitrogens is 1. The first kappa shape index (κ1) is 12.3. The Morgan fingerprint density at radius 2 is 2.11 bits per heavy atom. The van der Waals surface area contributed by atoms with E-state index in [1.807, 2.05) is 0 Å². The van der Waals surface area contributed by atoms with E-state index in [2.05, 4.69) is 10.3 Å². The van der Waals surface area contributed by atoms with Crippen molar-refractivity contribution in [3.8, 4) is 0 Å². The van der Waals surface area contributed by atoms with Gasteiger partial charge in [0.25, 0.3) is 5.91 Å². The van der Waals surface area contributed by atoms with E-state index in [-0.39, 0.29) is 11.3 Å².